The van der Waals surface area contributed by atoms with Crippen LogP contribution in [0.1, 0.15) is 5.56 Å². The van der Waals surface area contributed by atoms with E-state index in [1.807, 2.05) is 12.1 Å². The Morgan fingerprint density at radius 2 is 1.68 bits per heavy atom. The normalized spacial score (nSPS) is 16.3. The summed E-state index contributed by atoms with van der Waals surface area (Å²) in [6.07, 6.45) is 7.41. The van der Waals surface area contributed by atoms with E-state index in [9.17, 15) is 14.4 Å². The molecule has 1 unspecified atom stereocenters. The van der Waals surface area contributed by atoms with Crippen LogP contribution in [0.2, 0.25) is 0 Å². The van der Waals surface area contributed by atoms with E-state index in [4.69, 9.17) is 18.9 Å². The van der Waals surface area contributed by atoms with Crippen molar-refractivity contribution in [3.05, 3.63) is 66.3 Å². The van der Waals surface area contributed by atoms with Crippen molar-refractivity contribution in [2.24, 2.45) is 5.92 Å². The third-order valence-corrected chi connectivity index (χ3v) is 6.33. The van der Waals surface area contributed by atoms with Gasteiger partial charge in [0.2, 0.25) is 0 Å². The topological polar surface area (TPSA) is 106 Å². The van der Waals surface area contributed by atoms with E-state index in [1.54, 1.807) is 62.8 Å². The quantitative estimate of drug-likeness (QED) is 0.480. The van der Waals surface area contributed by atoms with Crippen molar-refractivity contribution in [1.82, 2.24) is 5.32 Å². The molecule has 2 aromatic rings. The van der Waals surface area contributed by atoms with Crippen molar-refractivity contribution in [3.8, 4) is 23.0 Å². The molecule has 1 N–H and O–H groups in total. The van der Waals surface area contributed by atoms with Gasteiger partial charge in [-0.2, -0.15) is 9.37 Å². The molecule has 198 valence electrons. The molecule has 38 heavy (non-hydrogen) atoms. The number of fused-ring (bicyclic) bond motifs is 1. The molecule has 0 saturated heterocycles. The first kappa shape index (κ1) is 26.5. The maximum Gasteiger partial charge on any atom is 0.506 e. The van der Waals surface area contributed by atoms with Crippen molar-refractivity contribution in [2.75, 3.05) is 46.4 Å². The van der Waals surface area contributed by atoms with Crippen LogP contribution in [-0.4, -0.2) is 69.7 Å². The number of amides is 4. The molecule has 0 aromatic heterocycles. The average molecular weight is 521 g/mol. The van der Waals surface area contributed by atoms with Gasteiger partial charge in [-0.3, -0.25) is 4.79 Å². The van der Waals surface area contributed by atoms with Gasteiger partial charge in [-0.1, -0.05) is 24.3 Å². The molecule has 10 nitrogen and oxygen atoms in total. The zero-order valence-corrected chi connectivity index (χ0v) is 21.7. The van der Waals surface area contributed by atoms with E-state index in [1.165, 1.54) is 18.8 Å². The Kier molecular flexibility index (Phi) is 8.10. The molecule has 4 rings (SSSR count). The number of benzene rings is 2. The Labute approximate surface area is 220 Å². The number of nitrogens with one attached hydrogen (secondary N) is 1. The molecule has 10 heteroatoms. The minimum Gasteiger partial charge on any atom is -0.497 e. The van der Waals surface area contributed by atoms with Gasteiger partial charge in [0.05, 0.1) is 28.4 Å². The third kappa shape index (κ3) is 5.24. The predicted octanol–water partition coefficient (Wildman–Crippen LogP) is 2.74. The lowest BCUT2D eigenvalue weighted by Crippen LogP contribution is -2.56. The number of methoxy groups -OCH3 is 4. The highest BCUT2D eigenvalue weighted by atomic mass is 16.5. The van der Waals surface area contributed by atoms with E-state index in [0.717, 1.165) is 10.5 Å². The van der Waals surface area contributed by atoms with Crippen LogP contribution >= 0.6 is 0 Å². The summed E-state index contributed by atoms with van der Waals surface area (Å²) in [5.74, 6) is 0.531. The molecular formula is C28H30N3O7+. The van der Waals surface area contributed by atoms with Gasteiger partial charge in [0, 0.05) is 12.6 Å². The minimum atomic E-state index is -0.718. The summed E-state index contributed by atoms with van der Waals surface area (Å²) in [7, 11) is 6.09. The van der Waals surface area contributed by atoms with Gasteiger partial charge in [0.1, 0.15) is 17.4 Å². The number of carbonyl (C=O) groups excluding carboxylic acids is 3. The molecule has 1 aliphatic heterocycles. The third-order valence-electron chi connectivity index (χ3n) is 6.33. The molecule has 2 aromatic carbocycles. The van der Waals surface area contributed by atoms with Crippen LogP contribution in [0.3, 0.4) is 0 Å². The second-order valence-corrected chi connectivity index (χ2v) is 8.52. The van der Waals surface area contributed by atoms with Crippen molar-refractivity contribution in [2.45, 2.75) is 6.42 Å². The lowest BCUT2D eigenvalue weighted by atomic mass is 9.94. The highest BCUT2D eigenvalue weighted by Gasteiger charge is 2.49. The minimum absolute atomic E-state index is 0.253. The molecule has 1 atom stereocenters. The average Bonchev–Trinajstić information content (AvgIpc) is 2.95. The number of anilines is 1. The van der Waals surface area contributed by atoms with Crippen LogP contribution < -0.4 is 29.2 Å². The van der Waals surface area contributed by atoms with Crippen LogP contribution in [0.15, 0.2) is 60.7 Å². The van der Waals surface area contributed by atoms with Crippen molar-refractivity contribution in [3.63, 3.8) is 0 Å². The van der Waals surface area contributed by atoms with Gasteiger partial charge in [0.25, 0.3) is 5.91 Å². The molecule has 0 spiro atoms. The van der Waals surface area contributed by atoms with Crippen LogP contribution in [0.5, 0.6) is 23.0 Å². The maximum atomic E-state index is 13.6. The summed E-state index contributed by atoms with van der Waals surface area (Å²) < 4.78 is 22.6. The lowest BCUT2D eigenvalue weighted by Gasteiger charge is -2.27. The van der Waals surface area contributed by atoms with Crippen molar-refractivity contribution in [1.29, 1.82) is 0 Å². The van der Waals surface area contributed by atoms with E-state index in [-0.39, 0.29) is 18.1 Å². The second kappa shape index (κ2) is 11.6. The van der Waals surface area contributed by atoms with Crippen molar-refractivity contribution >= 4 is 29.2 Å². The van der Waals surface area contributed by atoms with E-state index in [2.05, 4.69) is 5.32 Å². The van der Waals surface area contributed by atoms with Crippen LogP contribution in [-0.2, 0) is 16.0 Å². The first-order valence-corrected chi connectivity index (χ1v) is 12.0. The van der Waals surface area contributed by atoms with Crippen LogP contribution in [0.4, 0.5) is 10.5 Å². The highest BCUT2D eigenvalue weighted by molar-refractivity contribution is 6.26. The van der Waals surface area contributed by atoms with Crippen LogP contribution in [0.25, 0.3) is 0 Å². The van der Waals surface area contributed by atoms with Gasteiger partial charge >= 0.3 is 11.9 Å². The highest BCUT2D eigenvalue weighted by Crippen LogP contribution is 2.35. The number of hydrogen-bond donors (Lipinski definition) is 1. The number of nitrogens with zero attached hydrogens (tertiary/aromatic N) is 2. The number of imide groups is 1. The Hall–Kier alpha value is -4.60. The lowest BCUT2D eigenvalue weighted by molar-refractivity contribution is -0.417. The first-order chi connectivity index (χ1) is 18.4. The SMILES string of the molecule is COc1ccc(N2C(=O)C3C=CC=CC3=[N+](CC(=O)NCCc3ccc(OC)c(OC)c3)C2=O)c(OC)c1. The Balaban J connectivity index is 1.53. The summed E-state index contributed by atoms with van der Waals surface area (Å²) in [5.41, 5.74) is 1.67. The molecule has 0 radical (unpaired) electrons. The Morgan fingerprint density at radius 3 is 2.39 bits per heavy atom. The molecular weight excluding hydrogens is 490 g/mol. The molecule has 0 saturated carbocycles. The predicted molar refractivity (Wildman–Crippen MR) is 141 cm³/mol. The summed E-state index contributed by atoms with van der Waals surface area (Å²) in [4.78, 5) is 41.0. The largest absolute Gasteiger partial charge is 0.506 e. The fourth-order valence-corrected chi connectivity index (χ4v) is 4.40. The molecule has 0 bridgehead atoms. The monoisotopic (exact) mass is 520 g/mol. The van der Waals surface area contributed by atoms with Crippen LogP contribution in [0, 0.1) is 5.92 Å². The summed E-state index contributed by atoms with van der Waals surface area (Å²) >= 11 is 0. The summed E-state index contributed by atoms with van der Waals surface area (Å²) in [6.45, 7) is 0.0941. The summed E-state index contributed by atoms with van der Waals surface area (Å²) in [5, 5.41) is 2.86. The molecule has 2 aliphatic rings. The van der Waals surface area contributed by atoms with Gasteiger partial charge in [-0.15, -0.1) is 4.90 Å². The number of urea groups is 1. The number of allylic oxidation sites excluding steroid dienone is 3. The first-order valence-electron chi connectivity index (χ1n) is 12.0. The smallest absolute Gasteiger partial charge is 0.497 e. The standard InChI is InChI=1S/C28H29N3O7/c1-35-19-10-11-22(24(16-19)37-3)31-27(33)20-7-5-6-8-21(20)30(28(31)34)17-26(32)29-14-13-18-9-12-23(36-2)25(15-18)38-4/h5-12,15-16,20H,13-14,17H2,1-4H3/p+1. The number of carbonyl (C=O) groups is 3. The van der Waals surface area contributed by atoms with Gasteiger partial charge < -0.3 is 24.3 Å². The second-order valence-electron chi connectivity index (χ2n) is 8.52. The van der Waals surface area contributed by atoms with E-state index < -0.39 is 17.9 Å². The zero-order chi connectivity index (χ0) is 27.2. The number of hydrogen-bond acceptors (Lipinski definition) is 7. The molecule has 1 heterocycles. The van der Waals surface area contributed by atoms with Gasteiger partial charge in [-0.05, 0) is 42.3 Å². The number of rotatable bonds is 10. The zero-order valence-electron chi connectivity index (χ0n) is 21.7. The molecule has 4 amide bonds. The van der Waals surface area contributed by atoms with Gasteiger partial charge in [-0.25, -0.2) is 4.79 Å². The number of ether oxygens (including phenoxy) is 4. The van der Waals surface area contributed by atoms with E-state index >= 15 is 0 Å². The molecule has 1 aliphatic carbocycles. The fourth-order valence-electron chi connectivity index (χ4n) is 4.40. The Bertz CT molecular complexity index is 1350. The van der Waals surface area contributed by atoms with E-state index in [0.29, 0.717) is 41.7 Å². The Morgan fingerprint density at radius 1 is 0.921 bits per heavy atom. The maximum absolute atomic E-state index is 13.6. The fraction of sp³-hybridized carbons (Fsp3) is 0.286. The van der Waals surface area contributed by atoms with Gasteiger partial charge in [0.15, 0.2) is 29.5 Å². The van der Waals surface area contributed by atoms with Crippen molar-refractivity contribution < 1.29 is 37.9 Å². The summed E-state index contributed by atoms with van der Waals surface area (Å²) in [6, 6.07) is 9.73. The molecule has 0 fully saturated rings.